The summed E-state index contributed by atoms with van der Waals surface area (Å²) < 4.78 is 19.1. The number of piperazine rings is 1. The standard InChI is InChI=1S/C22H30FN3O3/c1-29-22(28)20-14-16-6-2-4-8-18(16)26(20)15-21(27)25-12-10-24(11-13-25)19-9-5-3-7-17(19)23/h3,5,7,9,16,18,20H,2,4,6,8,10-15H2,1H3/t16-,18+,20+/m1/s1. The van der Waals surface area contributed by atoms with Gasteiger partial charge in [0.15, 0.2) is 0 Å². The molecular weight excluding hydrogens is 373 g/mol. The number of hydrogen-bond acceptors (Lipinski definition) is 5. The van der Waals surface area contributed by atoms with Crippen LogP contribution in [0.4, 0.5) is 10.1 Å². The van der Waals surface area contributed by atoms with E-state index in [9.17, 15) is 14.0 Å². The summed E-state index contributed by atoms with van der Waals surface area (Å²) in [5.74, 6) is 0.0852. The Morgan fingerprint density at radius 3 is 2.55 bits per heavy atom. The van der Waals surface area contributed by atoms with Crippen LogP contribution in [0.25, 0.3) is 0 Å². The first kappa shape index (κ1) is 20.1. The largest absolute Gasteiger partial charge is 0.468 e. The summed E-state index contributed by atoms with van der Waals surface area (Å²) in [4.78, 5) is 31.3. The van der Waals surface area contributed by atoms with Crippen molar-refractivity contribution in [2.24, 2.45) is 5.92 Å². The van der Waals surface area contributed by atoms with Crippen molar-refractivity contribution < 1.29 is 18.7 Å². The number of likely N-dealkylation sites (tertiary alicyclic amines) is 1. The van der Waals surface area contributed by atoms with Crippen LogP contribution in [0.3, 0.4) is 0 Å². The van der Waals surface area contributed by atoms with Gasteiger partial charge in [0.1, 0.15) is 11.9 Å². The molecule has 1 saturated carbocycles. The van der Waals surface area contributed by atoms with Crippen LogP contribution < -0.4 is 4.90 Å². The van der Waals surface area contributed by atoms with E-state index in [2.05, 4.69) is 4.90 Å². The van der Waals surface area contributed by atoms with Gasteiger partial charge in [-0.1, -0.05) is 25.0 Å². The molecule has 4 rings (SSSR count). The van der Waals surface area contributed by atoms with Gasteiger partial charge in [0.05, 0.1) is 19.3 Å². The molecule has 0 N–H and O–H groups in total. The highest BCUT2D eigenvalue weighted by Crippen LogP contribution is 2.40. The molecule has 0 unspecified atom stereocenters. The zero-order valence-electron chi connectivity index (χ0n) is 17.1. The number of ether oxygens (including phenoxy) is 1. The van der Waals surface area contributed by atoms with Gasteiger partial charge in [-0.25, -0.2) is 4.39 Å². The van der Waals surface area contributed by atoms with Crippen LogP contribution in [0.15, 0.2) is 24.3 Å². The number of fused-ring (bicyclic) bond motifs is 1. The number of halogens is 1. The minimum absolute atomic E-state index is 0.0540. The average Bonchev–Trinajstić information content (AvgIpc) is 3.12. The highest BCUT2D eigenvalue weighted by Gasteiger charge is 2.46. The smallest absolute Gasteiger partial charge is 0.323 e. The van der Waals surface area contributed by atoms with Crippen molar-refractivity contribution in [1.82, 2.24) is 9.80 Å². The van der Waals surface area contributed by atoms with Gasteiger partial charge in [-0.2, -0.15) is 0 Å². The van der Waals surface area contributed by atoms with E-state index < -0.39 is 0 Å². The van der Waals surface area contributed by atoms with Crippen molar-refractivity contribution in [3.8, 4) is 0 Å². The van der Waals surface area contributed by atoms with Crippen molar-refractivity contribution in [2.75, 3.05) is 44.7 Å². The summed E-state index contributed by atoms with van der Waals surface area (Å²) in [6, 6.07) is 6.75. The zero-order valence-corrected chi connectivity index (χ0v) is 17.1. The summed E-state index contributed by atoms with van der Waals surface area (Å²) in [6.07, 6.45) is 5.33. The predicted molar refractivity (Wildman–Crippen MR) is 108 cm³/mol. The lowest BCUT2D eigenvalue weighted by atomic mass is 9.85. The molecule has 7 heteroatoms. The Kier molecular flexibility index (Phi) is 6.04. The van der Waals surface area contributed by atoms with Crippen LogP contribution in [0.5, 0.6) is 0 Å². The summed E-state index contributed by atoms with van der Waals surface area (Å²) in [5.41, 5.74) is 0.593. The summed E-state index contributed by atoms with van der Waals surface area (Å²) >= 11 is 0. The maximum absolute atomic E-state index is 14.0. The van der Waals surface area contributed by atoms with Crippen molar-refractivity contribution in [3.63, 3.8) is 0 Å². The third-order valence-corrected chi connectivity index (χ3v) is 6.84. The van der Waals surface area contributed by atoms with Crippen LogP contribution in [-0.2, 0) is 14.3 Å². The van der Waals surface area contributed by atoms with Gasteiger partial charge in [-0.05, 0) is 37.3 Å². The number of esters is 1. The van der Waals surface area contributed by atoms with Crippen molar-refractivity contribution >= 4 is 17.6 Å². The second-order valence-corrected chi connectivity index (χ2v) is 8.38. The van der Waals surface area contributed by atoms with E-state index in [0.29, 0.717) is 43.8 Å². The molecule has 158 valence electrons. The van der Waals surface area contributed by atoms with Crippen LogP contribution in [-0.4, -0.2) is 73.6 Å². The molecule has 3 atom stereocenters. The normalized spacial score (nSPS) is 27.6. The number of benzene rings is 1. The molecule has 0 bridgehead atoms. The molecule has 1 aromatic rings. The molecule has 0 spiro atoms. The van der Waals surface area contributed by atoms with Gasteiger partial charge in [-0.15, -0.1) is 0 Å². The minimum Gasteiger partial charge on any atom is -0.468 e. The molecule has 2 saturated heterocycles. The molecule has 3 fully saturated rings. The lowest BCUT2D eigenvalue weighted by molar-refractivity contribution is -0.147. The molecule has 1 aliphatic carbocycles. The number of anilines is 1. The number of nitrogens with zero attached hydrogens (tertiary/aromatic N) is 3. The highest BCUT2D eigenvalue weighted by atomic mass is 19.1. The van der Waals surface area contributed by atoms with E-state index in [1.165, 1.54) is 19.6 Å². The number of rotatable bonds is 4. The minimum atomic E-state index is -0.309. The first-order valence-corrected chi connectivity index (χ1v) is 10.7. The van der Waals surface area contributed by atoms with E-state index in [-0.39, 0.29) is 30.3 Å². The van der Waals surface area contributed by atoms with Crippen molar-refractivity contribution in [2.45, 2.75) is 44.2 Å². The first-order chi connectivity index (χ1) is 14.1. The summed E-state index contributed by atoms with van der Waals surface area (Å²) in [6.45, 7) is 2.62. The average molecular weight is 403 g/mol. The van der Waals surface area contributed by atoms with Gasteiger partial charge in [-0.3, -0.25) is 14.5 Å². The van der Waals surface area contributed by atoms with E-state index in [4.69, 9.17) is 4.74 Å². The molecular formula is C22H30FN3O3. The molecule has 6 nitrogen and oxygen atoms in total. The number of methoxy groups -OCH3 is 1. The highest BCUT2D eigenvalue weighted by molar-refractivity contribution is 5.81. The predicted octanol–water partition coefficient (Wildman–Crippen LogP) is 2.28. The Labute approximate surface area is 171 Å². The maximum atomic E-state index is 14.0. The Morgan fingerprint density at radius 2 is 1.83 bits per heavy atom. The van der Waals surface area contributed by atoms with Crippen LogP contribution in [0, 0.1) is 11.7 Å². The van der Waals surface area contributed by atoms with Crippen LogP contribution in [0.2, 0.25) is 0 Å². The maximum Gasteiger partial charge on any atom is 0.323 e. The van der Waals surface area contributed by atoms with Crippen molar-refractivity contribution in [1.29, 1.82) is 0 Å². The quantitative estimate of drug-likeness (QED) is 0.722. The topological polar surface area (TPSA) is 53.1 Å². The van der Waals surface area contributed by atoms with Crippen LogP contribution >= 0.6 is 0 Å². The fourth-order valence-corrected chi connectivity index (χ4v) is 5.31. The Morgan fingerprint density at radius 1 is 1.10 bits per heavy atom. The molecule has 2 heterocycles. The van der Waals surface area contributed by atoms with Crippen LogP contribution in [0.1, 0.15) is 32.1 Å². The number of hydrogen-bond donors (Lipinski definition) is 0. The van der Waals surface area contributed by atoms with Gasteiger partial charge in [0.25, 0.3) is 0 Å². The number of carbonyl (C=O) groups excluding carboxylic acids is 2. The monoisotopic (exact) mass is 403 g/mol. The molecule has 29 heavy (non-hydrogen) atoms. The van der Waals surface area contributed by atoms with E-state index in [1.807, 2.05) is 15.9 Å². The van der Waals surface area contributed by atoms with Gasteiger partial charge < -0.3 is 14.5 Å². The summed E-state index contributed by atoms with van der Waals surface area (Å²) in [5, 5.41) is 0. The molecule has 0 radical (unpaired) electrons. The fourth-order valence-electron chi connectivity index (χ4n) is 5.31. The molecule has 1 amide bonds. The lowest BCUT2D eigenvalue weighted by Crippen LogP contribution is -2.53. The van der Waals surface area contributed by atoms with Gasteiger partial charge in [0.2, 0.25) is 5.91 Å². The van der Waals surface area contributed by atoms with Crippen molar-refractivity contribution in [3.05, 3.63) is 30.1 Å². The number of para-hydroxylation sites is 1. The Balaban J connectivity index is 1.38. The number of carbonyl (C=O) groups is 2. The van der Waals surface area contributed by atoms with Gasteiger partial charge in [0, 0.05) is 32.2 Å². The lowest BCUT2D eigenvalue weighted by Gasteiger charge is -2.38. The second kappa shape index (κ2) is 8.69. The Hall–Kier alpha value is -2.15. The molecule has 0 aromatic heterocycles. The SMILES string of the molecule is COC(=O)[C@@H]1C[C@H]2CCCC[C@@H]2N1CC(=O)N1CCN(c2ccccc2F)CC1. The third-order valence-electron chi connectivity index (χ3n) is 6.84. The first-order valence-electron chi connectivity index (χ1n) is 10.7. The molecule has 1 aromatic carbocycles. The fraction of sp³-hybridized carbons (Fsp3) is 0.636. The molecule has 2 aliphatic heterocycles. The van der Waals surface area contributed by atoms with E-state index >= 15 is 0 Å². The summed E-state index contributed by atoms with van der Waals surface area (Å²) in [7, 11) is 1.42. The second-order valence-electron chi connectivity index (χ2n) is 8.38. The number of amides is 1. The molecule has 3 aliphatic rings. The third kappa shape index (κ3) is 4.10. The van der Waals surface area contributed by atoms with E-state index in [1.54, 1.807) is 12.1 Å². The zero-order chi connectivity index (χ0) is 20.4. The van der Waals surface area contributed by atoms with E-state index in [0.717, 1.165) is 25.7 Å². The van der Waals surface area contributed by atoms with Gasteiger partial charge >= 0.3 is 5.97 Å². The Bertz CT molecular complexity index is 751.